The lowest BCUT2D eigenvalue weighted by molar-refractivity contribution is 0.205. The molecule has 1 fully saturated rings. The average molecular weight is 694 g/mol. The summed E-state index contributed by atoms with van der Waals surface area (Å²) in [4.78, 5) is 0. The van der Waals surface area contributed by atoms with Crippen LogP contribution in [0.5, 0.6) is 0 Å². The van der Waals surface area contributed by atoms with E-state index in [-0.39, 0.29) is 18.5 Å². The zero-order valence-electron chi connectivity index (χ0n) is 29.8. The molecule has 1 aliphatic heterocycles. The number of benzene rings is 9. The van der Waals surface area contributed by atoms with Gasteiger partial charge < -0.3 is 0 Å². The normalized spacial score (nSPS) is 17.2. The van der Waals surface area contributed by atoms with Gasteiger partial charge in [-0.15, -0.1) is 0 Å². The van der Waals surface area contributed by atoms with Crippen LogP contribution in [0.3, 0.4) is 0 Å². The molecule has 0 saturated carbocycles. The Bertz CT molecular complexity index is 2700. The van der Waals surface area contributed by atoms with Gasteiger partial charge in [-0.2, -0.15) is 0 Å². The first-order chi connectivity index (χ1) is 26.8. The second-order valence-corrected chi connectivity index (χ2v) is 14.2. The molecular weight excluding hydrogens is 655 g/mol. The van der Waals surface area contributed by atoms with E-state index in [4.69, 9.17) is 0 Å². The van der Waals surface area contributed by atoms with Gasteiger partial charge in [0.2, 0.25) is 0 Å². The van der Waals surface area contributed by atoms with Gasteiger partial charge in [-0.05, 0) is 107 Å². The quantitative estimate of drug-likeness (QED) is 0.120. The topological polar surface area (TPSA) is 36.1 Å². The summed E-state index contributed by atoms with van der Waals surface area (Å²) >= 11 is 0. The highest BCUT2D eigenvalue weighted by molar-refractivity contribution is 6.14. The van der Waals surface area contributed by atoms with Crippen molar-refractivity contribution in [2.45, 2.75) is 18.5 Å². The number of fused-ring (bicyclic) bond motifs is 4. The first-order valence-electron chi connectivity index (χ1n) is 18.8. The largest absolute Gasteiger partial charge is 0.279 e. The third kappa shape index (κ3) is 5.95. The van der Waals surface area contributed by atoms with E-state index in [1.165, 1.54) is 82.4 Å². The fraction of sp³-hybridized carbons (Fsp3) is 0.0588. The van der Waals surface area contributed by atoms with E-state index in [9.17, 15) is 0 Å². The van der Waals surface area contributed by atoms with Crippen LogP contribution >= 0.6 is 0 Å². The molecule has 0 bridgehead atoms. The van der Waals surface area contributed by atoms with Crippen LogP contribution in [-0.2, 0) is 0 Å². The highest BCUT2D eigenvalue weighted by Crippen LogP contribution is 2.41. The molecule has 0 spiro atoms. The Morgan fingerprint density at radius 3 is 1.54 bits per heavy atom. The minimum absolute atomic E-state index is 0.173. The molecule has 3 N–H and O–H groups in total. The van der Waals surface area contributed by atoms with E-state index in [1.807, 2.05) is 0 Å². The van der Waals surface area contributed by atoms with Crippen LogP contribution < -0.4 is 16.0 Å². The van der Waals surface area contributed by atoms with E-state index in [0.29, 0.717) is 0 Å². The Labute approximate surface area is 316 Å². The summed E-state index contributed by atoms with van der Waals surface area (Å²) in [6.45, 7) is 0. The second-order valence-electron chi connectivity index (χ2n) is 14.2. The van der Waals surface area contributed by atoms with E-state index < -0.39 is 0 Å². The standard InChI is InChI=1S/C51H39N3/c1-4-16-34(17-5-1)39-30-40(35-18-6-2-7-19-35)32-41(31-39)49-52-50(46-27-15-14-24-42(46)36-20-8-3-9-21-36)54-51(53-49)48-44-26-13-11-23-38(44)33-47-43-25-12-10-22-37(43)28-29-45(47)48/h1-33,49-54H. The Morgan fingerprint density at radius 1 is 0.296 bits per heavy atom. The zero-order valence-corrected chi connectivity index (χ0v) is 29.8. The predicted molar refractivity (Wildman–Crippen MR) is 226 cm³/mol. The zero-order chi connectivity index (χ0) is 35.8. The summed E-state index contributed by atoms with van der Waals surface area (Å²) in [5.74, 6) is 0. The smallest absolute Gasteiger partial charge is 0.0876 e. The van der Waals surface area contributed by atoms with Crippen molar-refractivity contribution in [2.75, 3.05) is 0 Å². The Kier molecular flexibility index (Phi) is 8.31. The van der Waals surface area contributed by atoms with Gasteiger partial charge in [0.15, 0.2) is 0 Å². The van der Waals surface area contributed by atoms with Gasteiger partial charge in [0, 0.05) is 0 Å². The summed E-state index contributed by atoms with van der Waals surface area (Å²) < 4.78 is 0. The molecule has 1 aliphatic rings. The Balaban J connectivity index is 1.19. The predicted octanol–water partition coefficient (Wildman–Crippen LogP) is 12.3. The monoisotopic (exact) mass is 693 g/mol. The molecule has 9 aromatic rings. The molecule has 3 atom stereocenters. The van der Waals surface area contributed by atoms with Gasteiger partial charge in [0.1, 0.15) is 0 Å². The second kappa shape index (κ2) is 13.9. The van der Waals surface area contributed by atoms with Gasteiger partial charge in [0.05, 0.1) is 18.5 Å². The first kappa shape index (κ1) is 32.3. The van der Waals surface area contributed by atoms with Crippen LogP contribution in [0.2, 0.25) is 0 Å². The summed E-state index contributed by atoms with van der Waals surface area (Å²) in [5, 5.41) is 19.8. The minimum atomic E-state index is -0.194. The number of hydrogen-bond donors (Lipinski definition) is 3. The van der Waals surface area contributed by atoms with Crippen molar-refractivity contribution in [3.05, 3.63) is 217 Å². The lowest BCUT2D eigenvalue weighted by Crippen LogP contribution is -2.54. The van der Waals surface area contributed by atoms with Crippen LogP contribution in [0.4, 0.5) is 0 Å². The minimum Gasteiger partial charge on any atom is -0.279 e. The first-order valence-corrected chi connectivity index (χ1v) is 18.8. The molecule has 3 unspecified atom stereocenters. The van der Waals surface area contributed by atoms with Crippen LogP contribution in [0.25, 0.3) is 65.7 Å². The van der Waals surface area contributed by atoms with E-state index in [1.54, 1.807) is 0 Å². The maximum atomic E-state index is 4.11. The summed E-state index contributed by atoms with van der Waals surface area (Å²) in [6, 6.07) is 72.5. The average Bonchev–Trinajstić information content (AvgIpc) is 3.26. The van der Waals surface area contributed by atoms with Gasteiger partial charge in [-0.1, -0.05) is 176 Å². The van der Waals surface area contributed by atoms with Gasteiger partial charge in [-0.25, -0.2) is 0 Å². The lowest BCUT2D eigenvalue weighted by Gasteiger charge is -2.41. The van der Waals surface area contributed by atoms with E-state index >= 15 is 0 Å². The number of nitrogens with one attached hydrogen (secondary N) is 3. The van der Waals surface area contributed by atoms with Crippen molar-refractivity contribution in [1.29, 1.82) is 0 Å². The molecule has 1 saturated heterocycles. The molecule has 1 heterocycles. The Morgan fingerprint density at radius 2 is 0.833 bits per heavy atom. The molecule has 10 rings (SSSR count). The highest BCUT2D eigenvalue weighted by atomic mass is 15.4. The molecule has 0 aliphatic carbocycles. The fourth-order valence-corrected chi connectivity index (χ4v) is 8.39. The van der Waals surface area contributed by atoms with Crippen LogP contribution in [0.15, 0.2) is 200 Å². The number of rotatable bonds is 6. The van der Waals surface area contributed by atoms with Crippen LogP contribution in [-0.4, -0.2) is 0 Å². The summed E-state index contributed by atoms with van der Waals surface area (Å²) in [6.07, 6.45) is -0.557. The van der Waals surface area contributed by atoms with Crippen LogP contribution in [0, 0.1) is 0 Å². The van der Waals surface area contributed by atoms with Crippen molar-refractivity contribution in [1.82, 2.24) is 16.0 Å². The van der Waals surface area contributed by atoms with Crippen molar-refractivity contribution in [3.8, 4) is 33.4 Å². The molecule has 3 nitrogen and oxygen atoms in total. The van der Waals surface area contributed by atoms with Crippen molar-refractivity contribution < 1.29 is 0 Å². The SMILES string of the molecule is c1ccc(-c2cc(-c3ccccc3)cc(C3NC(c4ccccc4-c4ccccc4)NC(c4c5ccccc5cc5c4ccc4ccccc45)N3)c2)cc1. The van der Waals surface area contributed by atoms with Crippen molar-refractivity contribution >= 4 is 32.3 Å². The molecule has 0 radical (unpaired) electrons. The van der Waals surface area contributed by atoms with Crippen LogP contribution in [0.1, 0.15) is 35.2 Å². The van der Waals surface area contributed by atoms with Gasteiger partial charge in [-0.3, -0.25) is 16.0 Å². The molecule has 54 heavy (non-hydrogen) atoms. The molecular formula is C51H39N3. The van der Waals surface area contributed by atoms with E-state index in [0.717, 1.165) is 0 Å². The third-order valence-corrected chi connectivity index (χ3v) is 11.0. The highest BCUT2D eigenvalue weighted by Gasteiger charge is 2.33. The number of hydrogen-bond acceptors (Lipinski definition) is 3. The molecule has 0 amide bonds. The molecule has 0 aromatic heterocycles. The molecule has 9 aromatic carbocycles. The van der Waals surface area contributed by atoms with E-state index in [2.05, 4.69) is 216 Å². The fourth-order valence-electron chi connectivity index (χ4n) is 8.39. The van der Waals surface area contributed by atoms with Crippen molar-refractivity contribution in [2.24, 2.45) is 0 Å². The maximum Gasteiger partial charge on any atom is 0.0876 e. The maximum absolute atomic E-state index is 4.11. The lowest BCUT2D eigenvalue weighted by atomic mass is 9.90. The molecule has 258 valence electrons. The third-order valence-electron chi connectivity index (χ3n) is 11.0. The van der Waals surface area contributed by atoms with Crippen molar-refractivity contribution in [3.63, 3.8) is 0 Å². The molecule has 3 heteroatoms. The Hall–Kier alpha value is -6.36. The summed E-state index contributed by atoms with van der Waals surface area (Å²) in [7, 11) is 0. The van der Waals surface area contributed by atoms with Gasteiger partial charge in [0.25, 0.3) is 0 Å². The van der Waals surface area contributed by atoms with Gasteiger partial charge >= 0.3 is 0 Å². The summed E-state index contributed by atoms with van der Waals surface area (Å²) in [5.41, 5.74) is 10.8.